The van der Waals surface area contributed by atoms with Crippen LogP contribution < -0.4 is 4.90 Å². The summed E-state index contributed by atoms with van der Waals surface area (Å²) in [6.45, 7) is 4.50. The predicted molar refractivity (Wildman–Crippen MR) is 118 cm³/mol. The first-order valence-electron chi connectivity index (χ1n) is 10.8. The van der Waals surface area contributed by atoms with Gasteiger partial charge in [-0.25, -0.2) is 4.98 Å². The third kappa shape index (κ3) is 3.76. The maximum Gasteiger partial charge on any atom is 0.321 e. The number of esters is 1. The number of aromatic nitrogens is 2. The summed E-state index contributed by atoms with van der Waals surface area (Å²) < 4.78 is 7.27. The van der Waals surface area contributed by atoms with Crippen LogP contribution in [0.1, 0.15) is 44.7 Å². The van der Waals surface area contributed by atoms with E-state index in [2.05, 4.69) is 6.92 Å². The van der Waals surface area contributed by atoms with Gasteiger partial charge in [0.25, 0.3) is 0 Å². The van der Waals surface area contributed by atoms with Gasteiger partial charge in [0.05, 0.1) is 23.7 Å². The molecule has 3 aromatic rings. The minimum atomic E-state index is -1.06. The minimum absolute atomic E-state index is 0.0731. The molecule has 0 unspecified atom stereocenters. The van der Waals surface area contributed by atoms with Crippen molar-refractivity contribution in [3.63, 3.8) is 0 Å². The highest BCUT2D eigenvalue weighted by Gasteiger charge is 2.47. The number of nitrogens with zero attached hydrogens (tertiary/aromatic N) is 3. The number of hydrogen-bond acceptors (Lipinski definition) is 5. The number of fused-ring (bicyclic) bond motifs is 3. The Hall–Kier alpha value is -3.35. The van der Waals surface area contributed by atoms with E-state index in [1.54, 1.807) is 30.0 Å². The molecule has 0 aliphatic carbocycles. The summed E-state index contributed by atoms with van der Waals surface area (Å²) in [6, 6.07) is 13.7. The number of anilines is 1. The normalized spacial score (nSPS) is 18.3. The Morgan fingerprint density at radius 3 is 2.68 bits per heavy atom. The van der Waals surface area contributed by atoms with Gasteiger partial charge in [0.15, 0.2) is 5.92 Å². The maximum absolute atomic E-state index is 13.7. The van der Waals surface area contributed by atoms with Crippen LogP contribution in [0.5, 0.6) is 5.75 Å². The molecule has 0 spiro atoms. The number of phenols is 1. The van der Waals surface area contributed by atoms with Crippen LogP contribution >= 0.6 is 0 Å². The molecule has 0 fully saturated rings. The van der Waals surface area contributed by atoms with E-state index in [1.165, 1.54) is 0 Å². The average molecular weight is 421 g/mol. The van der Waals surface area contributed by atoms with E-state index in [4.69, 9.17) is 9.72 Å². The Balaban J connectivity index is 1.94. The first-order valence-corrected chi connectivity index (χ1v) is 10.8. The fourth-order valence-electron chi connectivity index (χ4n) is 4.29. The molecule has 31 heavy (non-hydrogen) atoms. The van der Waals surface area contributed by atoms with Gasteiger partial charge < -0.3 is 14.4 Å². The van der Waals surface area contributed by atoms with Gasteiger partial charge in [-0.05, 0) is 43.2 Å². The first kappa shape index (κ1) is 20.9. The Kier molecular flexibility index (Phi) is 5.93. The van der Waals surface area contributed by atoms with Crippen LogP contribution in [0, 0.1) is 5.92 Å². The molecule has 4 rings (SSSR count). The lowest BCUT2D eigenvalue weighted by Gasteiger charge is -2.38. The molecular weight excluding hydrogens is 394 g/mol. The number of hydrogen-bond donors (Lipinski definition) is 1. The summed E-state index contributed by atoms with van der Waals surface area (Å²) in [5.41, 5.74) is 2.23. The second-order valence-electron chi connectivity index (χ2n) is 7.74. The van der Waals surface area contributed by atoms with Crippen molar-refractivity contribution in [1.82, 2.24) is 9.55 Å². The minimum Gasteiger partial charge on any atom is -0.508 e. The molecule has 0 bridgehead atoms. The summed E-state index contributed by atoms with van der Waals surface area (Å²) in [6.07, 6.45) is 2.81. The molecule has 1 aliphatic heterocycles. The number of unbranched alkanes of at least 4 members (excludes halogenated alkanes) is 2. The third-order valence-electron chi connectivity index (χ3n) is 5.68. The largest absolute Gasteiger partial charge is 0.508 e. The van der Waals surface area contributed by atoms with Crippen LogP contribution in [0.3, 0.4) is 0 Å². The SMILES string of the molecule is CCCCCN1C(=O)[C@H](C(=O)OCC)[C@@H](c2cccc(O)c2)n2c1nc1ccccc12. The van der Waals surface area contributed by atoms with Gasteiger partial charge in [0.1, 0.15) is 5.75 Å². The second kappa shape index (κ2) is 8.79. The molecule has 0 saturated carbocycles. The summed E-state index contributed by atoms with van der Waals surface area (Å²) in [5.74, 6) is -1.34. The smallest absolute Gasteiger partial charge is 0.321 e. The highest BCUT2D eigenvalue weighted by atomic mass is 16.5. The number of ether oxygens (including phenoxy) is 1. The summed E-state index contributed by atoms with van der Waals surface area (Å²) in [5, 5.41) is 10.1. The number of benzene rings is 2. The van der Waals surface area contributed by atoms with E-state index in [9.17, 15) is 14.7 Å². The van der Waals surface area contributed by atoms with E-state index < -0.39 is 17.9 Å². The molecule has 0 saturated heterocycles. The van der Waals surface area contributed by atoms with Crippen molar-refractivity contribution in [1.29, 1.82) is 0 Å². The Morgan fingerprint density at radius 1 is 1.13 bits per heavy atom. The lowest BCUT2D eigenvalue weighted by molar-refractivity contribution is -0.153. The van der Waals surface area contributed by atoms with Crippen LogP contribution in [-0.2, 0) is 14.3 Å². The molecule has 7 heteroatoms. The van der Waals surface area contributed by atoms with Crippen LogP contribution in [-0.4, -0.2) is 39.7 Å². The van der Waals surface area contributed by atoms with Gasteiger partial charge >= 0.3 is 5.97 Å². The topological polar surface area (TPSA) is 84.7 Å². The van der Waals surface area contributed by atoms with Crippen LogP contribution in [0.15, 0.2) is 48.5 Å². The van der Waals surface area contributed by atoms with Crippen molar-refractivity contribution in [2.45, 2.75) is 39.2 Å². The molecular formula is C24H27N3O4. The van der Waals surface area contributed by atoms with E-state index in [0.29, 0.717) is 18.1 Å². The van der Waals surface area contributed by atoms with Gasteiger partial charge in [0, 0.05) is 6.54 Å². The first-order chi connectivity index (χ1) is 15.1. The number of carbonyl (C=O) groups is 2. The Bertz CT molecular complexity index is 1110. The standard InChI is InChI=1S/C24H27N3O4/c1-3-5-8-14-26-22(29)20(23(30)31-4-2)21(16-10-9-11-17(28)15-16)27-19-13-7-6-12-18(19)25-24(26)27/h6-7,9-13,15,20-21,28H,3-5,8,14H2,1-2H3/t20-,21-/m1/s1. The second-order valence-corrected chi connectivity index (χ2v) is 7.74. The molecule has 1 aliphatic rings. The van der Waals surface area contributed by atoms with Crippen LogP contribution in [0.2, 0.25) is 0 Å². The molecule has 2 heterocycles. The zero-order valence-electron chi connectivity index (χ0n) is 17.8. The number of amides is 1. The van der Waals surface area contributed by atoms with Crippen molar-refractivity contribution in [3.8, 4) is 5.75 Å². The van der Waals surface area contributed by atoms with Crippen LogP contribution in [0.25, 0.3) is 11.0 Å². The number of rotatable bonds is 7. The van der Waals surface area contributed by atoms with Crippen LogP contribution in [0.4, 0.5) is 5.95 Å². The fraction of sp³-hybridized carbons (Fsp3) is 0.375. The van der Waals surface area contributed by atoms with Gasteiger partial charge in [-0.1, -0.05) is 44.0 Å². The highest BCUT2D eigenvalue weighted by Crippen LogP contribution is 2.41. The molecule has 162 valence electrons. The average Bonchev–Trinajstić information content (AvgIpc) is 3.14. The molecule has 1 N–H and O–H groups in total. The van der Waals surface area contributed by atoms with E-state index in [0.717, 1.165) is 30.3 Å². The number of phenolic OH excluding ortho intramolecular Hbond substituents is 1. The predicted octanol–water partition coefficient (Wildman–Crippen LogP) is 4.05. The Morgan fingerprint density at radius 2 is 1.94 bits per heavy atom. The zero-order valence-corrected chi connectivity index (χ0v) is 17.8. The molecule has 1 aromatic heterocycles. The molecule has 1 amide bonds. The van der Waals surface area contributed by atoms with E-state index in [-0.39, 0.29) is 18.3 Å². The van der Waals surface area contributed by atoms with Crippen molar-refractivity contribution in [2.75, 3.05) is 18.1 Å². The lowest BCUT2D eigenvalue weighted by Crippen LogP contribution is -2.50. The molecule has 2 aromatic carbocycles. The fourth-order valence-corrected chi connectivity index (χ4v) is 4.29. The number of carbonyl (C=O) groups excluding carboxylic acids is 2. The molecule has 7 nitrogen and oxygen atoms in total. The van der Waals surface area contributed by atoms with Crippen molar-refractivity contribution < 1.29 is 19.4 Å². The van der Waals surface area contributed by atoms with Gasteiger partial charge in [0.2, 0.25) is 11.9 Å². The number of para-hydroxylation sites is 2. The van der Waals surface area contributed by atoms with Gasteiger partial charge in [-0.15, -0.1) is 0 Å². The van der Waals surface area contributed by atoms with E-state index >= 15 is 0 Å². The third-order valence-corrected chi connectivity index (χ3v) is 5.68. The summed E-state index contributed by atoms with van der Waals surface area (Å²) >= 11 is 0. The molecule has 2 atom stereocenters. The van der Waals surface area contributed by atoms with Gasteiger partial charge in [-0.3, -0.25) is 14.5 Å². The van der Waals surface area contributed by atoms with Crippen molar-refractivity contribution in [2.24, 2.45) is 5.92 Å². The maximum atomic E-state index is 13.7. The quantitative estimate of drug-likeness (QED) is 0.353. The van der Waals surface area contributed by atoms with Gasteiger partial charge in [-0.2, -0.15) is 0 Å². The van der Waals surface area contributed by atoms with Crippen molar-refractivity contribution >= 4 is 28.9 Å². The molecule has 0 radical (unpaired) electrons. The Labute approximate surface area is 181 Å². The zero-order chi connectivity index (χ0) is 22.0. The number of imidazole rings is 1. The lowest BCUT2D eigenvalue weighted by atomic mass is 9.89. The van der Waals surface area contributed by atoms with Crippen molar-refractivity contribution in [3.05, 3.63) is 54.1 Å². The summed E-state index contributed by atoms with van der Waals surface area (Å²) in [4.78, 5) is 33.1. The highest BCUT2D eigenvalue weighted by molar-refractivity contribution is 6.08. The monoisotopic (exact) mass is 421 g/mol. The number of aromatic hydroxyl groups is 1. The van der Waals surface area contributed by atoms with E-state index in [1.807, 2.05) is 34.9 Å². The summed E-state index contributed by atoms with van der Waals surface area (Å²) in [7, 11) is 0.